The van der Waals surface area contributed by atoms with Crippen molar-refractivity contribution in [2.75, 3.05) is 18.5 Å². The van der Waals surface area contributed by atoms with Crippen LogP contribution in [0.5, 0.6) is 0 Å². The molecule has 96 valence electrons. The highest BCUT2D eigenvalue weighted by Gasteiger charge is 1.97. The number of anilines is 1. The van der Waals surface area contributed by atoms with Crippen LogP contribution in [0.2, 0.25) is 0 Å². The fourth-order valence-corrected chi connectivity index (χ4v) is 1.40. The van der Waals surface area contributed by atoms with Gasteiger partial charge < -0.3 is 10.1 Å². The molecule has 1 N–H and O–H groups in total. The van der Waals surface area contributed by atoms with Gasteiger partial charge in [0, 0.05) is 13.2 Å². The number of aromatic nitrogens is 2. The zero-order chi connectivity index (χ0) is 12.3. The molecule has 0 amide bonds. The summed E-state index contributed by atoms with van der Waals surface area (Å²) < 4.78 is 5.52. The summed E-state index contributed by atoms with van der Waals surface area (Å²) >= 11 is 0. The molecular formula is C13H23N3O. The average Bonchev–Trinajstić information content (AvgIpc) is 2.37. The van der Waals surface area contributed by atoms with E-state index in [4.69, 9.17) is 4.74 Å². The third kappa shape index (κ3) is 6.22. The monoisotopic (exact) mass is 237 g/mol. The van der Waals surface area contributed by atoms with E-state index in [0.29, 0.717) is 6.61 Å². The van der Waals surface area contributed by atoms with Crippen molar-refractivity contribution in [3.63, 3.8) is 0 Å². The van der Waals surface area contributed by atoms with Gasteiger partial charge in [0.25, 0.3) is 0 Å². The van der Waals surface area contributed by atoms with Crippen LogP contribution in [0.25, 0.3) is 0 Å². The lowest BCUT2D eigenvalue weighted by atomic mass is 10.3. The standard InChI is InChI=1S/C13H23N3O/c1-3-5-6-8-17-11-12-9-16-13(10-15-12)14-7-4-2/h9-10H,3-8,11H2,1-2H3,(H,14,16). The van der Waals surface area contributed by atoms with Crippen LogP contribution in [0, 0.1) is 0 Å². The Bertz CT molecular complexity index is 287. The minimum Gasteiger partial charge on any atom is -0.375 e. The molecule has 4 heteroatoms. The van der Waals surface area contributed by atoms with Crippen LogP contribution < -0.4 is 5.32 Å². The Morgan fingerprint density at radius 3 is 2.65 bits per heavy atom. The van der Waals surface area contributed by atoms with Gasteiger partial charge >= 0.3 is 0 Å². The second-order valence-electron chi connectivity index (χ2n) is 4.08. The lowest BCUT2D eigenvalue weighted by Gasteiger charge is -2.05. The Morgan fingerprint density at radius 2 is 2.00 bits per heavy atom. The van der Waals surface area contributed by atoms with Crippen LogP contribution in [0.15, 0.2) is 12.4 Å². The van der Waals surface area contributed by atoms with Gasteiger partial charge in [-0.1, -0.05) is 26.7 Å². The molecule has 0 saturated carbocycles. The fraction of sp³-hybridized carbons (Fsp3) is 0.692. The van der Waals surface area contributed by atoms with E-state index < -0.39 is 0 Å². The highest BCUT2D eigenvalue weighted by molar-refractivity contribution is 5.30. The number of nitrogens with one attached hydrogen (secondary N) is 1. The third-order valence-corrected chi connectivity index (χ3v) is 2.40. The number of ether oxygens (including phenoxy) is 1. The van der Waals surface area contributed by atoms with E-state index in [0.717, 1.165) is 37.5 Å². The van der Waals surface area contributed by atoms with Crippen molar-refractivity contribution >= 4 is 5.82 Å². The van der Waals surface area contributed by atoms with Gasteiger partial charge in [0.05, 0.1) is 24.7 Å². The largest absolute Gasteiger partial charge is 0.375 e. The van der Waals surface area contributed by atoms with E-state index in [1.807, 2.05) is 0 Å². The number of hydrogen-bond donors (Lipinski definition) is 1. The number of rotatable bonds is 9. The quantitative estimate of drug-likeness (QED) is 0.671. The van der Waals surface area contributed by atoms with Crippen molar-refractivity contribution in [2.24, 2.45) is 0 Å². The maximum atomic E-state index is 5.52. The van der Waals surface area contributed by atoms with Crippen LogP contribution in [-0.2, 0) is 11.3 Å². The first kappa shape index (κ1) is 13.9. The molecule has 0 saturated heterocycles. The second-order valence-corrected chi connectivity index (χ2v) is 4.08. The molecule has 0 aliphatic rings. The summed E-state index contributed by atoms with van der Waals surface area (Å²) in [5, 5.41) is 3.19. The Labute approximate surface area is 104 Å². The summed E-state index contributed by atoms with van der Waals surface area (Å²) in [6.45, 7) is 6.62. The van der Waals surface area contributed by atoms with E-state index in [9.17, 15) is 0 Å². The molecule has 17 heavy (non-hydrogen) atoms. The van der Waals surface area contributed by atoms with Crippen molar-refractivity contribution < 1.29 is 4.74 Å². The number of hydrogen-bond acceptors (Lipinski definition) is 4. The Balaban J connectivity index is 2.20. The molecule has 0 radical (unpaired) electrons. The molecule has 0 aromatic carbocycles. The van der Waals surface area contributed by atoms with Crippen LogP contribution in [0.3, 0.4) is 0 Å². The Kier molecular flexibility index (Phi) is 7.30. The predicted molar refractivity (Wildman–Crippen MR) is 70.0 cm³/mol. The highest BCUT2D eigenvalue weighted by atomic mass is 16.5. The van der Waals surface area contributed by atoms with E-state index in [-0.39, 0.29) is 0 Å². The fourth-order valence-electron chi connectivity index (χ4n) is 1.40. The molecular weight excluding hydrogens is 214 g/mol. The van der Waals surface area contributed by atoms with Crippen molar-refractivity contribution in [1.29, 1.82) is 0 Å². The summed E-state index contributed by atoms with van der Waals surface area (Å²) in [5.74, 6) is 0.835. The van der Waals surface area contributed by atoms with Crippen molar-refractivity contribution in [1.82, 2.24) is 9.97 Å². The molecule has 1 rings (SSSR count). The van der Waals surface area contributed by atoms with Crippen molar-refractivity contribution in [3.8, 4) is 0 Å². The molecule has 0 unspecified atom stereocenters. The molecule has 1 heterocycles. The lowest BCUT2D eigenvalue weighted by molar-refractivity contribution is 0.114. The van der Waals surface area contributed by atoms with Crippen molar-refractivity contribution in [3.05, 3.63) is 18.1 Å². The van der Waals surface area contributed by atoms with Crippen LogP contribution in [0.1, 0.15) is 45.2 Å². The van der Waals surface area contributed by atoms with Gasteiger partial charge in [-0.25, -0.2) is 4.98 Å². The molecule has 0 aliphatic heterocycles. The van der Waals surface area contributed by atoms with Gasteiger partial charge in [-0.15, -0.1) is 0 Å². The predicted octanol–water partition coefficient (Wildman–Crippen LogP) is 3.01. The van der Waals surface area contributed by atoms with Crippen LogP contribution in [-0.4, -0.2) is 23.1 Å². The molecule has 0 atom stereocenters. The normalized spacial score (nSPS) is 10.5. The highest BCUT2D eigenvalue weighted by Crippen LogP contribution is 2.03. The van der Waals surface area contributed by atoms with E-state index in [1.54, 1.807) is 12.4 Å². The Morgan fingerprint density at radius 1 is 1.12 bits per heavy atom. The van der Waals surface area contributed by atoms with Gasteiger partial charge in [0.1, 0.15) is 5.82 Å². The summed E-state index contributed by atoms with van der Waals surface area (Å²) in [6, 6.07) is 0. The van der Waals surface area contributed by atoms with Gasteiger partial charge in [-0.3, -0.25) is 4.98 Å². The molecule has 0 bridgehead atoms. The molecule has 0 spiro atoms. The van der Waals surface area contributed by atoms with E-state index in [2.05, 4.69) is 29.1 Å². The van der Waals surface area contributed by atoms with Gasteiger partial charge in [-0.2, -0.15) is 0 Å². The average molecular weight is 237 g/mol. The minimum atomic E-state index is 0.560. The second kappa shape index (κ2) is 8.93. The Hall–Kier alpha value is -1.16. The summed E-state index contributed by atoms with van der Waals surface area (Å²) in [7, 11) is 0. The lowest BCUT2D eigenvalue weighted by Crippen LogP contribution is -2.04. The number of unbranched alkanes of at least 4 members (excludes halogenated alkanes) is 2. The third-order valence-electron chi connectivity index (χ3n) is 2.40. The molecule has 1 aromatic heterocycles. The maximum Gasteiger partial charge on any atom is 0.144 e. The van der Waals surface area contributed by atoms with Crippen LogP contribution >= 0.6 is 0 Å². The van der Waals surface area contributed by atoms with Crippen molar-refractivity contribution in [2.45, 2.75) is 46.1 Å². The first-order valence-corrected chi connectivity index (χ1v) is 6.49. The van der Waals surface area contributed by atoms with E-state index in [1.165, 1.54) is 12.8 Å². The smallest absolute Gasteiger partial charge is 0.144 e. The van der Waals surface area contributed by atoms with E-state index >= 15 is 0 Å². The summed E-state index contributed by atoms with van der Waals surface area (Å²) in [5.41, 5.74) is 0.892. The maximum absolute atomic E-state index is 5.52. The summed E-state index contributed by atoms with van der Waals surface area (Å²) in [4.78, 5) is 8.58. The number of nitrogens with zero attached hydrogens (tertiary/aromatic N) is 2. The minimum absolute atomic E-state index is 0.560. The summed E-state index contributed by atoms with van der Waals surface area (Å²) in [6.07, 6.45) is 8.20. The zero-order valence-corrected chi connectivity index (χ0v) is 10.9. The first-order valence-electron chi connectivity index (χ1n) is 6.49. The van der Waals surface area contributed by atoms with Crippen LogP contribution in [0.4, 0.5) is 5.82 Å². The van der Waals surface area contributed by atoms with Gasteiger partial charge in [-0.05, 0) is 12.8 Å². The zero-order valence-electron chi connectivity index (χ0n) is 10.9. The SMILES string of the molecule is CCCCCOCc1cnc(NCCC)cn1. The molecule has 0 fully saturated rings. The van der Waals surface area contributed by atoms with Gasteiger partial charge in [0.2, 0.25) is 0 Å². The molecule has 4 nitrogen and oxygen atoms in total. The molecule has 0 aliphatic carbocycles. The van der Waals surface area contributed by atoms with Gasteiger partial charge in [0.15, 0.2) is 0 Å². The molecule has 1 aromatic rings. The first-order chi connectivity index (χ1) is 8.36. The topological polar surface area (TPSA) is 47.0 Å².